The van der Waals surface area contributed by atoms with Crippen LogP contribution in [0.3, 0.4) is 0 Å². The van der Waals surface area contributed by atoms with Gasteiger partial charge in [-0.05, 0) is 6.07 Å². The Bertz CT molecular complexity index is 1010. The fourth-order valence-corrected chi connectivity index (χ4v) is 3.31. The predicted molar refractivity (Wildman–Crippen MR) is 95.8 cm³/mol. The number of thioether (sulfide) groups is 1. The first-order valence-electron chi connectivity index (χ1n) is 6.80. The molecule has 0 atom stereocenters. The number of nitrogens with one attached hydrogen (secondary N) is 1. The van der Waals surface area contributed by atoms with E-state index < -0.39 is 0 Å². The second kappa shape index (κ2) is 5.69. The van der Waals surface area contributed by atoms with Crippen molar-refractivity contribution in [1.29, 1.82) is 0 Å². The Kier molecular flexibility index (Phi) is 3.51. The van der Waals surface area contributed by atoms with Crippen molar-refractivity contribution in [3.05, 3.63) is 41.5 Å². The van der Waals surface area contributed by atoms with E-state index in [1.807, 2.05) is 6.07 Å². The largest absolute Gasteiger partial charge is 0.456 e. The van der Waals surface area contributed by atoms with Gasteiger partial charge in [-0.15, -0.1) is 0 Å². The summed E-state index contributed by atoms with van der Waals surface area (Å²) in [6, 6.07) is 1.81. The van der Waals surface area contributed by atoms with Gasteiger partial charge < -0.3 is 15.5 Å². The minimum atomic E-state index is -0.226. The van der Waals surface area contributed by atoms with Crippen molar-refractivity contribution >= 4 is 57.2 Å². The van der Waals surface area contributed by atoms with Crippen molar-refractivity contribution in [2.45, 2.75) is 0 Å². The smallest absolute Gasteiger partial charge is 0.263 e. The molecule has 0 saturated carbocycles. The molecular weight excluding hydrogens is 346 g/mol. The highest BCUT2D eigenvalue weighted by Crippen LogP contribution is 2.32. The van der Waals surface area contributed by atoms with E-state index in [4.69, 9.17) is 22.4 Å². The van der Waals surface area contributed by atoms with Crippen molar-refractivity contribution in [3.8, 4) is 11.1 Å². The first-order chi connectivity index (χ1) is 11.6. The number of fused-ring (bicyclic) bond motifs is 1. The molecule has 1 saturated heterocycles. The van der Waals surface area contributed by atoms with Gasteiger partial charge >= 0.3 is 0 Å². The number of nitrogen functional groups attached to an aromatic ring is 1. The average Bonchev–Trinajstić information content (AvgIpc) is 3.10. The van der Waals surface area contributed by atoms with Gasteiger partial charge in [-0.2, -0.15) is 0 Å². The monoisotopic (exact) mass is 355 g/mol. The van der Waals surface area contributed by atoms with Crippen molar-refractivity contribution in [1.82, 2.24) is 20.3 Å². The lowest BCUT2D eigenvalue weighted by Crippen LogP contribution is -2.17. The molecule has 0 aliphatic carbocycles. The number of hydrogen-bond acceptors (Lipinski definition) is 8. The van der Waals surface area contributed by atoms with Gasteiger partial charge in [-0.3, -0.25) is 9.78 Å². The Labute approximate surface area is 145 Å². The second-order valence-corrected chi connectivity index (χ2v) is 6.66. The maximum atomic E-state index is 11.8. The summed E-state index contributed by atoms with van der Waals surface area (Å²) in [5.74, 6) is 0.512. The normalized spacial score (nSPS) is 16.1. The molecule has 1 aliphatic heterocycles. The second-order valence-electron chi connectivity index (χ2n) is 4.94. The van der Waals surface area contributed by atoms with E-state index >= 15 is 0 Å². The van der Waals surface area contributed by atoms with E-state index in [1.165, 1.54) is 11.8 Å². The molecule has 9 heteroatoms. The lowest BCUT2D eigenvalue weighted by Gasteiger charge is -2.01. The third-order valence-corrected chi connectivity index (χ3v) is 4.50. The van der Waals surface area contributed by atoms with Gasteiger partial charge in [-0.25, -0.2) is 9.97 Å². The Balaban J connectivity index is 1.80. The number of pyridine rings is 1. The highest BCUT2D eigenvalue weighted by atomic mass is 32.2. The molecule has 24 heavy (non-hydrogen) atoms. The number of anilines is 1. The van der Waals surface area contributed by atoms with Crippen molar-refractivity contribution in [2.75, 3.05) is 5.73 Å². The summed E-state index contributed by atoms with van der Waals surface area (Å²) >= 11 is 6.18. The fourth-order valence-electron chi connectivity index (χ4n) is 2.29. The molecule has 1 aliphatic rings. The van der Waals surface area contributed by atoms with Crippen LogP contribution in [-0.4, -0.2) is 25.2 Å². The molecule has 4 rings (SSSR count). The lowest BCUT2D eigenvalue weighted by molar-refractivity contribution is -0.115. The minimum absolute atomic E-state index is 0.198. The first-order valence-corrected chi connectivity index (χ1v) is 8.03. The highest BCUT2D eigenvalue weighted by molar-refractivity contribution is 8.26. The van der Waals surface area contributed by atoms with Crippen LogP contribution in [0.15, 0.2) is 40.2 Å². The van der Waals surface area contributed by atoms with Gasteiger partial charge in [0.25, 0.3) is 5.91 Å². The molecule has 0 radical (unpaired) electrons. The summed E-state index contributed by atoms with van der Waals surface area (Å²) in [6.45, 7) is 0. The SMILES string of the molecule is Nc1ncc(-c2cncc3cc(C=C4SC(=S)NC4=O)oc23)cn1. The molecule has 1 fully saturated rings. The van der Waals surface area contributed by atoms with Gasteiger partial charge in [0.05, 0.1) is 4.91 Å². The zero-order valence-electron chi connectivity index (χ0n) is 12.0. The number of thiocarbonyl (C=S) groups is 1. The Hall–Kier alpha value is -2.78. The van der Waals surface area contributed by atoms with Gasteiger partial charge in [0.15, 0.2) is 0 Å². The van der Waals surface area contributed by atoms with Crippen LogP contribution in [-0.2, 0) is 4.79 Å². The van der Waals surface area contributed by atoms with Crippen LogP contribution >= 0.6 is 24.0 Å². The molecule has 4 heterocycles. The Morgan fingerprint density at radius 1 is 1.25 bits per heavy atom. The molecule has 0 unspecified atom stereocenters. The number of carbonyl (C=O) groups excluding carboxylic acids is 1. The summed E-state index contributed by atoms with van der Waals surface area (Å²) in [7, 11) is 0. The topological polar surface area (TPSA) is 107 Å². The zero-order valence-corrected chi connectivity index (χ0v) is 13.6. The Morgan fingerprint density at radius 3 is 2.75 bits per heavy atom. The summed E-state index contributed by atoms with van der Waals surface area (Å²) in [6.07, 6.45) is 8.23. The maximum absolute atomic E-state index is 11.8. The quantitative estimate of drug-likeness (QED) is 0.533. The van der Waals surface area contributed by atoms with Crippen LogP contribution in [0.1, 0.15) is 5.76 Å². The number of carbonyl (C=O) groups is 1. The third-order valence-electron chi connectivity index (χ3n) is 3.34. The standard InChI is InChI=1S/C15H9N5O2S2/c16-14-18-4-8(5-19-14)10-6-17-3-7-1-9(22-12(7)10)2-11-13(21)20-15(23)24-11/h1-6H,(H2,16,18,19)(H,20,21,23). The fraction of sp³-hybridized carbons (Fsp3) is 0. The number of rotatable bonds is 2. The maximum Gasteiger partial charge on any atom is 0.263 e. The van der Waals surface area contributed by atoms with E-state index in [0.29, 0.717) is 20.6 Å². The average molecular weight is 355 g/mol. The number of amides is 1. The molecule has 3 aromatic rings. The molecule has 0 bridgehead atoms. The number of furan rings is 1. The van der Waals surface area contributed by atoms with E-state index in [0.717, 1.165) is 16.5 Å². The van der Waals surface area contributed by atoms with Crippen molar-refractivity contribution in [2.24, 2.45) is 0 Å². The number of nitrogens with zero attached hydrogens (tertiary/aromatic N) is 3. The Morgan fingerprint density at radius 2 is 2.04 bits per heavy atom. The van der Waals surface area contributed by atoms with Crippen molar-refractivity contribution < 1.29 is 9.21 Å². The van der Waals surface area contributed by atoms with Crippen LogP contribution in [0.25, 0.3) is 28.2 Å². The minimum Gasteiger partial charge on any atom is -0.456 e. The van der Waals surface area contributed by atoms with Crippen LogP contribution < -0.4 is 11.1 Å². The van der Waals surface area contributed by atoms with E-state index in [-0.39, 0.29) is 11.9 Å². The van der Waals surface area contributed by atoms with Crippen LogP contribution in [0, 0.1) is 0 Å². The van der Waals surface area contributed by atoms with Gasteiger partial charge in [0.2, 0.25) is 5.95 Å². The van der Waals surface area contributed by atoms with Crippen LogP contribution in [0.5, 0.6) is 0 Å². The van der Waals surface area contributed by atoms with Gasteiger partial charge in [-0.1, -0.05) is 24.0 Å². The number of aromatic nitrogens is 3. The molecule has 3 aromatic heterocycles. The molecular formula is C15H9N5O2S2. The van der Waals surface area contributed by atoms with E-state index in [2.05, 4.69) is 20.3 Å². The van der Waals surface area contributed by atoms with Crippen molar-refractivity contribution in [3.63, 3.8) is 0 Å². The molecule has 1 amide bonds. The number of hydrogen-bond donors (Lipinski definition) is 2. The van der Waals surface area contributed by atoms with Crippen LogP contribution in [0.4, 0.5) is 5.95 Å². The molecule has 3 N–H and O–H groups in total. The molecule has 0 spiro atoms. The van der Waals surface area contributed by atoms with Gasteiger partial charge in [0.1, 0.15) is 15.7 Å². The number of nitrogens with two attached hydrogens (primary N) is 1. The lowest BCUT2D eigenvalue weighted by atomic mass is 10.1. The summed E-state index contributed by atoms with van der Waals surface area (Å²) in [4.78, 5) is 24.4. The van der Waals surface area contributed by atoms with Crippen LogP contribution in [0.2, 0.25) is 0 Å². The van der Waals surface area contributed by atoms with Gasteiger partial charge in [0, 0.05) is 47.4 Å². The third kappa shape index (κ3) is 2.63. The molecule has 7 nitrogen and oxygen atoms in total. The molecule has 118 valence electrons. The zero-order chi connectivity index (χ0) is 16.7. The summed E-state index contributed by atoms with van der Waals surface area (Å²) < 4.78 is 6.32. The predicted octanol–water partition coefficient (Wildman–Crippen LogP) is 2.36. The first kappa shape index (κ1) is 14.8. The summed E-state index contributed by atoms with van der Waals surface area (Å²) in [5, 5.41) is 3.38. The highest BCUT2D eigenvalue weighted by Gasteiger charge is 2.22. The van der Waals surface area contributed by atoms with E-state index in [9.17, 15) is 4.79 Å². The molecule has 0 aromatic carbocycles. The van der Waals surface area contributed by atoms with E-state index in [1.54, 1.807) is 30.9 Å². The summed E-state index contributed by atoms with van der Waals surface area (Å²) in [5.41, 5.74) is 7.64.